The summed E-state index contributed by atoms with van der Waals surface area (Å²) in [6, 6.07) is 11.1. The van der Waals surface area contributed by atoms with Gasteiger partial charge in [-0.1, -0.05) is 0 Å². The monoisotopic (exact) mass is 411 g/mol. The molecule has 3 N–H and O–H groups in total. The first-order chi connectivity index (χ1) is 12.8. The van der Waals surface area contributed by atoms with Crippen molar-refractivity contribution in [1.82, 2.24) is 4.72 Å². The third kappa shape index (κ3) is 6.66. The van der Waals surface area contributed by atoms with Crippen LogP contribution in [0.25, 0.3) is 0 Å². The molecule has 2 aromatic rings. The van der Waals surface area contributed by atoms with Crippen molar-refractivity contribution in [1.29, 1.82) is 0 Å². The van der Waals surface area contributed by atoms with Gasteiger partial charge in [-0.2, -0.15) is 0 Å². The van der Waals surface area contributed by atoms with Crippen molar-refractivity contribution in [3.63, 3.8) is 0 Å². The Bertz CT molecular complexity index is 901. The number of anilines is 2. The van der Waals surface area contributed by atoms with Gasteiger partial charge in [-0.05, 0) is 55.6 Å². The first-order valence-electron chi connectivity index (χ1n) is 7.77. The molecule has 0 aliphatic carbocycles. The summed E-state index contributed by atoms with van der Waals surface area (Å²) >= 11 is 1.12. The molecule has 0 heterocycles. The van der Waals surface area contributed by atoms with Crippen LogP contribution in [0.5, 0.6) is 0 Å². The molecule has 7 nitrogen and oxygen atoms in total. The zero-order chi connectivity index (χ0) is 19.9. The van der Waals surface area contributed by atoms with Crippen LogP contribution in [0.2, 0.25) is 0 Å². The Balaban J connectivity index is 1.76. The Labute approximate surface area is 160 Å². The van der Waals surface area contributed by atoms with E-state index in [0.717, 1.165) is 11.8 Å². The second-order valence-electron chi connectivity index (χ2n) is 5.33. The molecule has 0 saturated carbocycles. The van der Waals surface area contributed by atoms with Crippen LogP contribution >= 0.6 is 11.8 Å². The molecule has 10 heteroatoms. The van der Waals surface area contributed by atoms with Gasteiger partial charge in [0.25, 0.3) is 0 Å². The minimum absolute atomic E-state index is 0.0490. The van der Waals surface area contributed by atoms with Crippen LogP contribution in [-0.4, -0.2) is 38.8 Å². The largest absolute Gasteiger partial charge is 0.325 e. The average Bonchev–Trinajstić information content (AvgIpc) is 2.64. The maximum atomic E-state index is 12.8. The molecule has 0 spiro atoms. The van der Waals surface area contributed by atoms with Gasteiger partial charge in [-0.3, -0.25) is 9.59 Å². The zero-order valence-corrected chi connectivity index (χ0v) is 16.0. The van der Waals surface area contributed by atoms with Gasteiger partial charge in [0.2, 0.25) is 21.8 Å². The SMILES string of the molecule is CNS(=O)(=O)c1ccc(NC(=O)CSCC(=O)Nc2ccc(F)cc2)cc1. The highest BCUT2D eigenvalue weighted by Gasteiger charge is 2.11. The van der Waals surface area contributed by atoms with E-state index in [0.29, 0.717) is 11.4 Å². The van der Waals surface area contributed by atoms with Gasteiger partial charge in [0.15, 0.2) is 0 Å². The quantitative estimate of drug-likeness (QED) is 0.617. The highest BCUT2D eigenvalue weighted by molar-refractivity contribution is 8.00. The lowest BCUT2D eigenvalue weighted by Gasteiger charge is -2.07. The number of carbonyl (C=O) groups excluding carboxylic acids is 2. The van der Waals surface area contributed by atoms with E-state index in [1.165, 1.54) is 55.6 Å². The first-order valence-corrected chi connectivity index (χ1v) is 10.4. The van der Waals surface area contributed by atoms with Crippen LogP contribution in [0.15, 0.2) is 53.4 Å². The lowest BCUT2D eigenvalue weighted by Crippen LogP contribution is -2.19. The minimum atomic E-state index is -3.53. The highest BCUT2D eigenvalue weighted by Crippen LogP contribution is 2.14. The second-order valence-corrected chi connectivity index (χ2v) is 8.20. The fourth-order valence-electron chi connectivity index (χ4n) is 2.00. The number of hydrogen-bond donors (Lipinski definition) is 3. The van der Waals surface area contributed by atoms with Gasteiger partial charge < -0.3 is 10.6 Å². The van der Waals surface area contributed by atoms with Crippen LogP contribution in [0, 0.1) is 5.82 Å². The van der Waals surface area contributed by atoms with Crippen molar-refractivity contribution < 1.29 is 22.4 Å². The van der Waals surface area contributed by atoms with E-state index in [9.17, 15) is 22.4 Å². The molecule has 144 valence electrons. The normalized spacial score (nSPS) is 11.0. The van der Waals surface area contributed by atoms with Gasteiger partial charge in [-0.25, -0.2) is 17.5 Å². The first kappa shape index (κ1) is 20.9. The number of halogens is 1. The smallest absolute Gasteiger partial charge is 0.240 e. The van der Waals surface area contributed by atoms with Crippen LogP contribution in [0.1, 0.15) is 0 Å². The maximum Gasteiger partial charge on any atom is 0.240 e. The molecule has 2 amide bonds. The summed E-state index contributed by atoms with van der Waals surface area (Å²) in [7, 11) is -2.21. The lowest BCUT2D eigenvalue weighted by molar-refractivity contribution is -0.114. The van der Waals surface area contributed by atoms with Crippen molar-refractivity contribution in [3.05, 3.63) is 54.3 Å². The Morgan fingerprint density at radius 3 is 1.78 bits per heavy atom. The predicted octanol–water partition coefficient (Wildman–Crippen LogP) is 2.04. The van der Waals surface area contributed by atoms with Gasteiger partial charge in [0.05, 0.1) is 16.4 Å². The molecule has 27 heavy (non-hydrogen) atoms. The van der Waals surface area contributed by atoms with Crippen molar-refractivity contribution in [3.8, 4) is 0 Å². The van der Waals surface area contributed by atoms with E-state index in [2.05, 4.69) is 15.4 Å². The number of amides is 2. The van der Waals surface area contributed by atoms with Crippen molar-refractivity contribution in [2.75, 3.05) is 29.2 Å². The molecule has 0 aromatic heterocycles. The van der Waals surface area contributed by atoms with Crippen LogP contribution in [0.3, 0.4) is 0 Å². The van der Waals surface area contributed by atoms with Gasteiger partial charge in [0, 0.05) is 11.4 Å². The molecule has 2 aromatic carbocycles. The van der Waals surface area contributed by atoms with E-state index in [-0.39, 0.29) is 28.2 Å². The minimum Gasteiger partial charge on any atom is -0.325 e. The topological polar surface area (TPSA) is 104 Å². The summed E-state index contributed by atoms with van der Waals surface area (Å²) in [5, 5.41) is 5.22. The Morgan fingerprint density at radius 2 is 1.33 bits per heavy atom. The van der Waals surface area contributed by atoms with Crippen molar-refractivity contribution >= 4 is 45.0 Å². The molecule has 2 rings (SSSR count). The van der Waals surface area contributed by atoms with E-state index in [4.69, 9.17) is 0 Å². The van der Waals surface area contributed by atoms with E-state index in [1.54, 1.807) is 0 Å². The fraction of sp³-hybridized carbons (Fsp3) is 0.176. The number of nitrogens with one attached hydrogen (secondary N) is 3. The molecule has 0 aliphatic rings. The number of sulfonamides is 1. The molecule has 0 bridgehead atoms. The molecule has 0 fully saturated rings. The standard InChI is InChI=1S/C17H18FN3O4S2/c1-19-27(24,25)15-8-6-14(7-9-15)21-17(23)11-26-10-16(22)20-13-4-2-12(18)3-5-13/h2-9,19H,10-11H2,1H3,(H,20,22)(H,21,23). The summed E-state index contributed by atoms with van der Waals surface area (Å²) in [6.07, 6.45) is 0. The van der Waals surface area contributed by atoms with Gasteiger partial charge >= 0.3 is 0 Å². The fourth-order valence-corrected chi connectivity index (χ4v) is 3.35. The predicted molar refractivity (Wildman–Crippen MR) is 104 cm³/mol. The number of thioether (sulfide) groups is 1. The molecule has 0 saturated heterocycles. The average molecular weight is 411 g/mol. The van der Waals surface area contributed by atoms with Crippen molar-refractivity contribution in [2.45, 2.75) is 4.90 Å². The summed E-state index contributed by atoms with van der Waals surface area (Å²) in [4.78, 5) is 23.8. The molecular weight excluding hydrogens is 393 g/mol. The highest BCUT2D eigenvalue weighted by atomic mass is 32.2. The Kier molecular flexibility index (Phi) is 7.34. The second kappa shape index (κ2) is 9.49. The van der Waals surface area contributed by atoms with Crippen LogP contribution in [0.4, 0.5) is 15.8 Å². The summed E-state index contributed by atoms with van der Waals surface area (Å²) < 4.78 is 38.3. The third-order valence-electron chi connectivity index (χ3n) is 3.31. The van der Waals surface area contributed by atoms with Crippen LogP contribution in [-0.2, 0) is 19.6 Å². The third-order valence-corrected chi connectivity index (χ3v) is 5.67. The molecular formula is C17H18FN3O4S2. The summed E-state index contributed by atoms with van der Waals surface area (Å²) in [5.74, 6) is -0.909. The molecule has 0 unspecified atom stereocenters. The Morgan fingerprint density at radius 1 is 0.889 bits per heavy atom. The van der Waals surface area contributed by atoms with Gasteiger partial charge in [-0.15, -0.1) is 11.8 Å². The van der Waals surface area contributed by atoms with Gasteiger partial charge in [0.1, 0.15) is 5.82 Å². The molecule has 0 aliphatic heterocycles. The van der Waals surface area contributed by atoms with E-state index in [1.807, 2.05) is 0 Å². The number of benzene rings is 2. The summed E-state index contributed by atoms with van der Waals surface area (Å²) in [5.41, 5.74) is 0.925. The molecule has 0 atom stereocenters. The Hall–Kier alpha value is -2.43. The zero-order valence-electron chi connectivity index (χ0n) is 14.4. The van der Waals surface area contributed by atoms with E-state index < -0.39 is 15.8 Å². The van der Waals surface area contributed by atoms with Crippen molar-refractivity contribution in [2.24, 2.45) is 0 Å². The lowest BCUT2D eigenvalue weighted by atomic mass is 10.3. The number of carbonyl (C=O) groups is 2. The number of hydrogen-bond acceptors (Lipinski definition) is 5. The van der Waals surface area contributed by atoms with Crippen LogP contribution < -0.4 is 15.4 Å². The van der Waals surface area contributed by atoms with E-state index >= 15 is 0 Å². The molecule has 0 radical (unpaired) electrons. The number of rotatable bonds is 8. The maximum absolute atomic E-state index is 12.8. The summed E-state index contributed by atoms with van der Waals surface area (Å²) in [6.45, 7) is 0.